The summed E-state index contributed by atoms with van der Waals surface area (Å²) in [5, 5.41) is 2.39. The molecule has 252 valence electrons. The maximum atomic E-state index is 2.36. The van der Waals surface area contributed by atoms with Gasteiger partial charge in [0.25, 0.3) is 0 Å². The van der Waals surface area contributed by atoms with Crippen molar-refractivity contribution in [1.29, 1.82) is 0 Å². The summed E-state index contributed by atoms with van der Waals surface area (Å²) in [7, 11) is 0. The van der Waals surface area contributed by atoms with Crippen LogP contribution in [0.2, 0.25) is 0 Å². The largest absolute Gasteiger partial charge is 0.310 e. The van der Waals surface area contributed by atoms with Crippen LogP contribution in [0.25, 0.3) is 34.1 Å². The van der Waals surface area contributed by atoms with Gasteiger partial charge < -0.3 is 4.90 Å². The van der Waals surface area contributed by atoms with Crippen LogP contribution in [0.4, 0.5) is 17.1 Å². The predicted molar refractivity (Wildman–Crippen MR) is 227 cm³/mol. The predicted octanol–water partition coefficient (Wildman–Crippen LogP) is 14.0. The highest BCUT2D eigenvalue weighted by Gasteiger charge is 2.16. The van der Waals surface area contributed by atoms with Gasteiger partial charge >= 0.3 is 0 Å². The quantitative estimate of drug-likeness (QED) is 0.103. The molecule has 0 aliphatic carbocycles. The third-order valence-electron chi connectivity index (χ3n) is 9.53. The fourth-order valence-electron chi connectivity index (χ4n) is 6.95. The number of rotatable bonds is 10. The average molecular weight is 678 g/mol. The lowest BCUT2D eigenvalue weighted by Gasteiger charge is -2.27. The SMILES string of the molecule is C(=Cc1ccc(N(c2ccccc2)c2ccc(C=C(c3ccccc3)c3ccccc3)cc2)c2ccccc12)C=C(c1ccccc1)c1ccccc1. The van der Waals surface area contributed by atoms with Gasteiger partial charge in [0.05, 0.1) is 5.69 Å². The molecular weight excluding hydrogens is 639 g/mol. The van der Waals surface area contributed by atoms with Crippen molar-refractivity contribution in [3.63, 3.8) is 0 Å². The van der Waals surface area contributed by atoms with E-state index in [1.54, 1.807) is 0 Å². The normalized spacial score (nSPS) is 10.9. The molecule has 8 aromatic rings. The molecule has 0 amide bonds. The standard InChI is InChI=1S/C52H39N/c1-6-19-41(20-7-1)48(42-21-8-2-9-22-42)32-18-27-45-35-38-52(50-31-17-16-30-49(45)50)53(46-28-14-5-15-29-46)47-36-33-40(34-37-47)39-51(43-23-10-3-11-24-43)44-25-12-4-13-26-44/h1-39H. The van der Waals surface area contributed by atoms with Crippen molar-refractivity contribution in [3.05, 3.63) is 258 Å². The van der Waals surface area contributed by atoms with E-state index in [0.29, 0.717) is 0 Å². The highest BCUT2D eigenvalue weighted by Crippen LogP contribution is 2.40. The molecule has 1 nitrogen and oxygen atoms in total. The third kappa shape index (κ3) is 7.56. The molecule has 0 aliphatic heterocycles. The van der Waals surface area contributed by atoms with Crippen LogP contribution >= 0.6 is 0 Å². The number of benzene rings is 8. The molecule has 0 saturated heterocycles. The van der Waals surface area contributed by atoms with E-state index in [-0.39, 0.29) is 0 Å². The van der Waals surface area contributed by atoms with E-state index in [1.165, 1.54) is 49.7 Å². The van der Waals surface area contributed by atoms with E-state index in [4.69, 9.17) is 0 Å². The summed E-state index contributed by atoms with van der Waals surface area (Å²) < 4.78 is 0. The van der Waals surface area contributed by atoms with Crippen LogP contribution in [0, 0.1) is 0 Å². The van der Waals surface area contributed by atoms with E-state index in [0.717, 1.165) is 22.6 Å². The van der Waals surface area contributed by atoms with Gasteiger partial charge in [-0.3, -0.25) is 0 Å². The molecule has 0 heterocycles. The van der Waals surface area contributed by atoms with Crippen molar-refractivity contribution in [2.75, 3.05) is 4.90 Å². The minimum absolute atomic E-state index is 1.10. The molecule has 0 bridgehead atoms. The zero-order valence-corrected chi connectivity index (χ0v) is 29.5. The Hall–Kier alpha value is -6.96. The van der Waals surface area contributed by atoms with Crippen molar-refractivity contribution in [1.82, 2.24) is 0 Å². The van der Waals surface area contributed by atoms with E-state index < -0.39 is 0 Å². The van der Waals surface area contributed by atoms with Crippen LogP contribution in [0.3, 0.4) is 0 Å². The van der Waals surface area contributed by atoms with Gasteiger partial charge in [0.1, 0.15) is 0 Å². The summed E-state index contributed by atoms with van der Waals surface area (Å²) in [4.78, 5) is 2.36. The van der Waals surface area contributed by atoms with Gasteiger partial charge in [-0.15, -0.1) is 0 Å². The van der Waals surface area contributed by atoms with E-state index in [1.807, 2.05) is 0 Å². The summed E-state index contributed by atoms with van der Waals surface area (Å²) in [6.45, 7) is 0. The van der Waals surface area contributed by atoms with Gasteiger partial charge in [0, 0.05) is 16.8 Å². The number of hydrogen-bond acceptors (Lipinski definition) is 1. The fourth-order valence-corrected chi connectivity index (χ4v) is 6.95. The molecule has 0 saturated carbocycles. The Balaban J connectivity index is 1.18. The Labute approximate surface area is 312 Å². The molecule has 0 radical (unpaired) electrons. The van der Waals surface area contributed by atoms with E-state index >= 15 is 0 Å². The zero-order chi connectivity index (χ0) is 35.7. The molecule has 8 aromatic carbocycles. The number of anilines is 3. The molecule has 0 N–H and O–H groups in total. The first-order valence-corrected chi connectivity index (χ1v) is 18.1. The first-order chi connectivity index (χ1) is 26.3. The molecule has 0 atom stereocenters. The number of allylic oxidation sites excluding steroid dienone is 2. The second kappa shape index (κ2) is 15.9. The van der Waals surface area contributed by atoms with Gasteiger partial charge in [-0.1, -0.05) is 200 Å². The maximum absolute atomic E-state index is 2.36. The van der Waals surface area contributed by atoms with Crippen molar-refractivity contribution in [3.8, 4) is 0 Å². The molecule has 0 unspecified atom stereocenters. The van der Waals surface area contributed by atoms with Crippen molar-refractivity contribution in [2.24, 2.45) is 0 Å². The third-order valence-corrected chi connectivity index (χ3v) is 9.53. The molecule has 0 aromatic heterocycles. The summed E-state index contributed by atoms with van der Waals surface area (Å²) in [6, 6.07) is 75.2. The van der Waals surface area contributed by atoms with Gasteiger partial charge in [0.2, 0.25) is 0 Å². The highest BCUT2D eigenvalue weighted by molar-refractivity contribution is 6.03. The van der Waals surface area contributed by atoms with Crippen molar-refractivity contribution >= 4 is 51.1 Å². The van der Waals surface area contributed by atoms with Crippen LogP contribution in [-0.2, 0) is 0 Å². The van der Waals surface area contributed by atoms with Crippen molar-refractivity contribution in [2.45, 2.75) is 0 Å². The van der Waals surface area contributed by atoms with Gasteiger partial charge in [-0.2, -0.15) is 0 Å². The smallest absolute Gasteiger partial charge is 0.0540 e. The van der Waals surface area contributed by atoms with Crippen molar-refractivity contribution < 1.29 is 0 Å². The molecule has 0 fully saturated rings. The number of para-hydroxylation sites is 1. The highest BCUT2D eigenvalue weighted by atomic mass is 15.1. The van der Waals surface area contributed by atoms with E-state index in [2.05, 4.69) is 242 Å². The first-order valence-electron chi connectivity index (χ1n) is 18.1. The molecule has 53 heavy (non-hydrogen) atoms. The monoisotopic (exact) mass is 677 g/mol. The average Bonchev–Trinajstić information content (AvgIpc) is 3.24. The number of nitrogens with zero attached hydrogens (tertiary/aromatic N) is 1. The fraction of sp³-hybridized carbons (Fsp3) is 0. The Morgan fingerprint density at radius 1 is 0.358 bits per heavy atom. The number of fused-ring (bicyclic) bond motifs is 1. The molecule has 1 heteroatoms. The van der Waals surface area contributed by atoms with Crippen LogP contribution in [0.1, 0.15) is 33.4 Å². The summed E-state index contributed by atoms with van der Waals surface area (Å²) in [6.07, 6.45) is 8.91. The lowest BCUT2D eigenvalue weighted by Crippen LogP contribution is -2.10. The second-order valence-electron chi connectivity index (χ2n) is 12.9. The lowest BCUT2D eigenvalue weighted by molar-refractivity contribution is 1.29. The molecular formula is C52H39N. The van der Waals surface area contributed by atoms with Gasteiger partial charge in [-0.05, 0) is 86.3 Å². The van der Waals surface area contributed by atoms with Gasteiger partial charge in [-0.25, -0.2) is 0 Å². The molecule has 0 aliphatic rings. The second-order valence-corrected chi connectivity index (χ2v) is 12.9. The Bertz CT molecular complexity index is 2410. The van der Waals surface area contributed by atoms with Crippen LogP contribution in [0.5, 0.6) is 0 Å². The summed E-state index contributed by atoms with van der Waals surface area (Å²) in [5.74, 6) is 0. The zero-order valence-electron chi connectivity index (χ0n) is 29.5. The minimum Gasteiger partial charge on any atom is -0.310 e. The molecule has 8 rings (SSSR count). The van der Waals surface area contributed by atoms with Crippen LogP contribution in [-0.4, -0.2) is 0 Å². The Morgan fingerprint density at radius 2 is 0.792 bits per heavy atom. The Kier molecular flexibility index (Phi) is 9.98. The summed E-state index contributed by atoms with van der Waals surface area (Å²) >= 11 is 0. The van der Waals surface area contributed by atoms with Gasteiger partial charge in [0.15, 0.2) is 0 Å². The Morgan fingerprint density at radius 3 is 1.32 bits per heavy atom. The molecule has 0 spiro atoms. The summed E-state index contributed by atoms with van der Waals surface area (Å²) in [5.41, 5.74) is 12.8. The first kappa shape index (κ1) is 33.2. The topological polar surface area (TPSA) is 3.24 Å². The van der Waals surface area contributed by atoms with Crippen LogP contribution < -0.4 is 4.90 Å². The minimum atomic E-state index is 1.10. The lowest BCUT2D eigenvalue weighted by atomic mass is 9.95. The van der Waals surface area contributed by atoms with Crippen LogP contribution in [0.15, 0.2) is 224 Å². The van der Waals surface area contributed by atoms with E-state index in [9.17, 15) is 0 Å². The number of hydrogen-bond donors (Lipinski definition) is 0. The maximum Gasteiger partial charge on any atom is 0.0540 e.